The van der Waals surface area contributed by atoms with Crippen molar-refractivity contribution in [3.63, 3.8) is 0 Å². The Morgan fingerprint density at radius 2 is 1.75 bits per heavy atom. The van der Waals surface area contributed by atoms with Crippen molar-refractivity contribution < 1.29 is 9.59 Å². The van der Waals surface area contributed by atoms with Crippen LogP contribution in [-0.2, 0) is 9.59 Å². The van der Waals surface area contributed by atoms with E-state index in [2.05, 4.69) is 5.32 Å². The molecule has 4 nitrogen and oxygen atoms in total. The Hall–Kier alpha value is -2.62. The zero-order valence-electron chi connectivity index (χ0n) is 13.8. The van der Waals surface area contributed by atoms with Crippen molar-refractivity contribution in [3.8, 4) is 0 Å². The van der Waals surface area contributed by atoms with Gasteiger partial charge in [-0.15, -0.1) is 0 Å². The van der Waals surface area contributed by atoms with Crippen LogP contribution >= 0.6 is 0 Å². The molecular formula is C20H22N2O2. The summed E-state index contributed by atoms with van der Waals surface area (Å²) in [4.78, 5) is 27.0. The molecule has 124 valence electrons. The fourth-order valence-corrected chi connectivity index (χ4v) is 3.21. The minimum Gasteiger partial charge on any atom is -0.344 e. The van der Waals surface area contributed by atoms with Gasteiger partial charge in [-0.2, -0.15) is 0 Å². The van der Waals surface area contributed by atoms with Crippen LogP contribution in [0.3, 0.4) is 0 Å². The topological polar surface area (TPSA) is 49.4 Å². The summed E-state index contributed by atoms with van der Waals surface area (Å²) in [6.07, 6.45) is 1.35. The zero-order chi connectivity index (χ0) is 16.9. The van der Waals surface area contributed by atoms with Gasteiger partial charge in [0.15, 0.2) is 0 Å². The number of carbonyl (C=O) groups excluding carboxylic acids is 2. The molecule has 0 aromatic heterocycles. The van der Waals surface area contributed by atoms with Crippen LogP contribution in [0.1, 0.15) is 31.2 Å². The quantitative estimate of drug-likeness (QED) is 0.919. The summed E-state index contributed by atoms with van der Waals surface area (Å²) in [5.74, 6) is -0.320. The van der Waals surface area contributed by atoms with Gasteiger partial charge in [0.1, 0.15) is 6.04 Å². The van der Waals surface area contributed by atoms with Crippen molar-refractivity contribution >= 4 is 17.5 Å². The lowest BCUT2D eigenvalue weighted by atomic mass is 9.95. The van der Waals surface area contributed by atoms with Crippen molar-refractivity contribution in [1.82, 2.24) is 5.32 Å². The van der Waals surface area contributed by atoms with E-state index in [1.54, 1.807) is 4.90 Å². The summed E-state index contributed by atoms with van der Waals surface area (Å²) in [6, 6.07) is 18.9. The lowest BCUT2D eigenvalue weighted by Crippen LogP contribution is -2.43. The van der Waals surface area contributed by atoms with Crippen molar-refractivity contribution in [2.24, 2.45) is 0 Å². The molecule has 3 rings (SSSR count). The monoisotopic (exact) mass is 322 g/mol. The van der Waals surface area contributed by atoms with Gasteiger partial charge < -0.3 is 10.2 Å². The van der Waals surface area contributed by atoms with Gasteiger partial charge in [0.05, 0.1) is 5.92 Å². The molecule has 2 atom stereocenters. The predicted octanol–water partition coefficient (Wildman–Crippen LogP) is 3.10. The van der Waals surface area contributed by atoms with E-state index in [1.807, 2.05) is 67.6 Å². The molecule has 0 bridgehead atoms. The van der Waals surface area contributed by atoms with Gasteiger partial charge in [-0.1, -0.05) is 55.5 Å². The number of nitrogens with zero attached hydrogens (tertiary/aromatic N) is 1. The molecule has 1 heterocycles. The molecular weight excluding hydrogens is 300 g/mol. The van der Waals surface area contributed by atoms with E-state index in [0.717, 1.165) is 11.3 Å². The van der Waals surface area contributed by atoms with E-state index in [-0.39, 0.29) is 17.7 Å². The molecule has 0 aliphatic carbocycles. The van der Waals surface area contributed by atoms with Gasteiger partial charge in [-0.05, 0) is 30.5 Å². The van der Waals surface area contributed by atoms with Gasteiger partial charge in [0, 0.05) is 12.2 Å². The Kier molecular flexibility index (Phi) is 4.94. The average Bonchev–Trinajstić information content (AvgIpc) is 2.98. The summed E-state index contributed by atoms with van der Waals surface area (Å²) >= 11 is 0. The first-order valence-corrected chi connectivity index (χ1v) is 8.42. The highest BCUT2D eigenvalue weighted by Crippen LogP contribution is 2.23. The zero-order valence-corrected chi connectivity index (χ0v) is 13.8. The van der Waals surface area contributed by atoms with Crippen LogP contribution in [0.25, 0.3) is 0 Å². The third kappa shape index (κ3) is 3.32. The molecule has 0 spiro atoms. The second-order valence-corrected chi connectivity index (χ2v) is 6.05. The van der Waals surface area contributed by atoms with Crippen molar-refractivity contribution in [2.45, 2.75) is 31.7 Å². The molecule has 2 amide bonds. The molecule has 1 fully saturated rings. The summed E-state index contributed by atoms with van der Waals surface area (Å²) in [5.41, 5.74) is 1.87. The standard InChI is InChI=1S/C20H22N2O2/c1-2-17(15-9-5-3-6-10-15)19(23)21-18-13-14-22(20(18)24)16-11-7-4-8-12-16/h3-12,17-18H,2,13-14H2,1H3,(H,21,23). The van der Waals surface area contributed by atoms with Gasteiger partial charge >= 0.3 is 0 Å². The van der Waals surface area contributed by atoms with Gasteiger partial charge in [0.25, 0.3) is 0 Å². The Labute approximate surface area is 142 Å². The second-order valence-electron chi connectivity index (χ2n) is 6.05. The van der Waals surface area contributed by atoms with Crippen molar-refractivity contribution in [2.75, 3.05) is 11.4 Å². The van der Waals surface area contributed by atoms with Gasteiger partial charge in [0.2, 0.25) is 11.8 Å². The van der Waals surface area contributed by atoms with Crippen molar-refractivity contribution in [3.05, 3.63) is 66.2 Å². The lowest BCUT2D eigenvalue weighted by molar-refractivity contribution is -0.127. The smallest absolute Gasteiger partial charge is 0.249 e. The highest BCUT2D eigenvalue weighted by molar-refractivity contribution is 6.01. The average molecular weight is 322 g/mol. The summed E-state index contributed by atoms with van der Waals surface area (Å²) in [6.45, 7) is 2.62. The molecule has 1 N–H and O–H groups in total. The summed E-state index contributed by atoms with van der Waals surface area (Å²) < 4.78 is 0. The van der Waals surface area contributed by atoms with Crippen LogP contribution in [0.2, 0.25) is 0 Å². The third-order valence-electron chi connectivity index (χ3n) is 4.52. The fraction of sp³-hybridized carbons (Fsp3) is 0.300. The largest absolute Gasteiger partial charge is 0.344 e. The lowest BCUT2D eigenvalue weighted by Gasteiger charge is -2.20. The highest BCUT2D eigenvalue weighted by atomic mass is 16.2. The Balaban J connectivity index is 1.68. The second kappa shape index (κ2) is 7.30. The van der Waals surface area contributed by atoms with Crippen LogP contribution in [0.5, 0.6) is 0 Å². The predicted molar refractivity (Wildman–Crippen MR) is 94.8 cm³/mol. The van der Waals surface area contributed by atoms with Crippen LogP contribution in [0, 0.1) is 0 Å². The molecule has 1 aliphatic heterocycles. The molecule has 1 saturated heterocycles. The SMILES string of the molecule is CCC(C(=O)NC1CCN(c2ccccc2)C1=O)c1ccccc1. The number of carbonyl (C=O) groups is 2. The number of rotatable bonds is 5. The summed E-state index contributed by atoms with van der Waals surface area (Å²) in [7, 11) is 0. The molecule has 4 heteroatoms. The normalized spacial score (nSPS) is 18.5. The van der Waals surface area contributed by atoms with E-state index in [1.165, 1.54) is 0 Å². The maximum absolute atomic E-state index is 12.6. The maximum Gasteiger partial charge on any atom is 0.249 e. The van der Waals surface area contributed by atoms with E-state index >= 15 is 0 Å². The number of hydrogen-bond donors (Lipinski definition) is 1. The van der Waals surface area contributed by atoms with E-state index < -0.39 is 6.04 Å². The molecule has 0 radical (unpaired) electrons. The van der Waals surface area contributed by atoms with Crippen LogP contribution in [0.4, 0.5) is 5.69 Å². The molecule has 2 aromatic rings. The van der Waals surface area contributed by atoms with Crippen LogP contribution in [-0.4, -0.2) is 24.4 Å². The first-order chi connectivity index (χ1) is 11.7. The van der Waals surface area contributed by atoms with Crippen LogP contribution in [0.15, 0.2) is 60.7 Å². The Morgan fingerprint density at radius 3 is 2.38 bits per heavy atom. The van der Waals surface area contributed by atoms with Gasteiger partial charge in [-0.25, -0.2) is 0 Å². The van der Waals surface area contributed by atoms with Crippen molar-refractivity contribution in [1.29, 1.82) is 0 Å². The molecule has 24 heavy (non-hydrogen) atoms. The molecule has 2 aromatic carbocycles. The fourth-order valence-electron chi connectivity index (χ4n) is 3.21. The minimum atomic E-state index is -0.435. The van der Waals surface area contributed by atoms with Gasteiger partial charge in [-0.3, -0.25) is 9.59 Å². The number of hydrogen-bond acceptors (Lipinski definition) is 2. The minimum absolute atomic E-state index is 0.0301. The Morgan fingerprint density at radius 1 is 1.12 bits per heavy atom. The number of benzene rings is 2. The van der Waals surface area contributed by atoms with Crippen LogP contribution < -0.4 is 10.2 Å². The number of para-hydroxylation sites is 1. The number of anilines is 1. The Bertz CT molecular complexity index is 700. The molecule has 1 aliphatic rings. The number of amides is 2. The highest BCUT2D eigenvalue weighted by Gasteiger charge is 2.34. The maximum atomic E-state index is 12.6. The third-order valence-corrected chi connectivity index (χ3v) is 4.52. The summed E-state index contributed by atoms with van der Waals surface area (Å²) in [5, 5.41) is 2.95. The van der Waals surface area contributed by atoms with E-state index in [4.69, 9.17) is 0 Å². The first-order valence-electron chi connectivity index (χ1n) is 8.42. The van der Waals surface area contributed by atoms with E-state index in [9.17, 15) is 9.59 Å². The molecule has 2 unspecified atom stereocenters. The number of nitrogens with one attached hydrogen (secondary N) is 1. The molecule has 0 saturated carbocycles. The van der Waals surface area contributed by atoms with E-state index in [0.29, 0.717) is 19.4 Å². The first kappa shape index (κ1) is 16.2.